The molecule has 0 saturated carbocycles. The quantitative estimate of drug-likeness (QED) is 0.612. The molecule has 0 aromatic carbocycles. The number of aromatic nitrogens is 3. The lowest BCUT2D eigenvalue weighted by Crippen LogP contribution is -2.09. The summed E-state index contributed by atoms with van der Waals surface area (Å²) in [6, 6.07) is 4.91. The molecule has 124 valence electrons. The zero-order valence-electron chi connectivity index (χ0n) is 13.6. The summed E-state index contributed by atoms with van der Waals surface area (Å²) < 4.78 is 9.96. The number of carbonyl (C=O) groups excluding carboxylic acids is 2. The van der Waals surface area contributed by atoms with Crippen LogP contribution in [0.1, 0.15) is 22.8 Å². The van der Waals surface area contributed by atoms with Gasteiger partial charge >= 0.3 is 11.9 Å². The molecule has 0 atom stereocenters. The monoisotopic (exact) mass is 327 g/mol. The van der Waals surface area contributed by atoms with Crippen molar-refractivity contribution in [3.63, 3.8) is 0 Å². The predicted octanol–water partition coefficient (Wildman–Crippen LogP) is 2.00. The van der Waals surface area contributed by atoms with E-state index < -0.39 is 11.9 Å². The number of aryl methyl sites for hydroxylation is 3. The summed E-state index contributed by atoms with van der Waals surface area (Å²) in [4.78, 5) is 35.7. The molecule has 0 bridgehead atoms. The second-order valence-electron chi connectivity index (χ2n) is 4.96. The van der Waals surface area contributed by atoms with E-state index >= 15 is 0 Å². The Morgan fingerprint density at radius 3 is 2.42 bits per heavy atom. The van der Waals surface area contributed by atoms with Crippen molar-refractivity contribution in [1.82, 2.24) is 15.0 Å². The van der Waals surface area contributed by atoms with Crippen molar-refractivity contribution >= 4 is 11.9 Å². The number of hydrogen-bond donors (Lipinski definition) is 0. The Balaban J connectivity index is 1.87. The minimum Gasteiger partial charge on any atom is -0.456 e. The van der Waals surface area contributed by atoms with Crippen LogP contribution in [0.25, 0.3) is 0 Å². The van der Waals surface area contributed by atoms with E-state index in [9.17, 15) is 9.59 Å². The number of esters is 2. The van der Waals surface area contributed by atoms with E-state index in [2.05, 4.69) is 15.0 Å². The molecule has 0 N–H and O–H groups in total. The second-order valence-corrected chi connectivity index (χ2v) is 4.96. The van der Waals surface area contributed by atoms with E-state index in [0.29, 0.717) is 11.4 Å². The summed E-state index contributed by atoms with van der Waals surface area (Å²) in [6.07, 6.45) is 3.47. The van der Waals surface area contributed by atoms with Crippen molar-refractivity contribution in [3.05, 3.63) is 59.3 Å². The Labute approximate surface area is 139 Å². The van der Waals surface area contributed by atoms with E-state index in [1.165, 1.54) is 12.3 Å². The third kappa shape index (κ3) is 4.98. The molecule has 0 aliphatic heterocycles. The Kier molecular flexibility index (Phi) is 5.73. The van der Waals surface area contributed by atoms with Crippen LogP contribution >= 0.6 is 0 Å². The summed E-state index contributed by atoms with van der Waals surface area (Å²) in [5.41, 5.74) is 2.89. The maximum Gasteiger partial charge on any atom is 0.337 e. The molecule has 7 nitrogen and oxygen atoms in total. The van der Waals surface area contributed by atoms with Crippen molar-refractivity contribution in [2.75, 3.05) is 0 Å². The average Bonchev–Trinajstić information content (AvgIpc) is 2.56. The van der Waals surface area contributed by atoms with Gasteiger partial charge in [0.15, 0.2) is 0 Å². The highest BCUT2D eigenvalue weighted by molar-refractivity contribution is 5.92. The number of rotatable bonds is 5. The molecule has 24 heavy (non-hydrogen) atoms. The van der Waals surface area contributed by atoms with Crippen LogP contribution in [-0.4, -0.2) is 26.9 Å². The zero-order valence-corrected chi connectivity index (χ0v) is 13.6. The fourth-order valence-corrected chi connectivity index (χ4v) is 1.77. The molecular weight excluding hydrogens is 310 g/mol. The van der Waals surface area contributed by atoms with Gasteiger partial charge in [-0.3, -0.25) is 9.97 Å². The highest BCUT2D eigenvalue weighted by atomic mass is 16.5. The van der Waals surface area contributed by atoms with Gasteiger partial charge in [0.05, 0.1) is 22.8 Å². The summed E-state index contributed by atoms with van der Waals surface area (Å²) in [6.45, 7) is 5.47. The number of pyridine rings is 1. The number of nitrogens with zero attached hydrogens (tertiary/aromatic N) is 3. The first-order valence-electron chi connectivity index (χ1n) is 7.24. The lowest BCUT2D eigenvalue weighted by atomic mass is 10.3. The van der Waals surface area contributed by atoms with Gasteiger partial charge in [0.1, 0.15) is 6.61 Å². The largest absolute Gasteiger partial charge is 0.456 e. The van der Waals surface area contributed by atoms with Crippen LogP contribution in [0.5, 0.6) is 5.88 Å². The van der Waals surface area contributed by atoms with Crippen molar-refractivity contribution in [1.29, 1.82) is 0 Å². The van der Waals surface area contributed by atoms with E-state index in [1.54, 1.807) is 19.1 Å². The van der Waals surface area contributed by atoms with Crippen molar-refractivity contribution in [3.8, 4) is 5.88 Å². The predicted molar refractivity (Wildman–Crippen MR) is 85.1 cm³/mol. The van der Waals surface area contributed by atoms with Crippen molar-refractivity contribution in [2.24, 2.45) is 0 Å². The number of hydrogen-bond acceptors (Lipinski definition) is 7. The van der Waals surface area contributed by atoms with Crippen LogP contribution in [0.4, 0.5) is 0 Å². The van der Waals surface area contributed by atoms with Crippen LogP contribution < -0.4 is 4.74 Å². The summed E-state index contributed by atoms with van der Waals surface area (Å²) in [5, 5.41) is 0. The standard InChI is InChI=1S/C17H17N3O4/c1-11-12(2)20-14(13(3)19-11)10-23-16(21)7-8-17(22)24-15-6-4-5-9-18-15/h4-9H,10H2,1-3H3/b8-7+. The van der Waals surface area contributed by atoms with Gasteiger partial charge in [-0.2, -0.15) is 0 Å². The molecule has 0 aliphatic rings. The van der Waals surface area contributed by atoms with Gasteiger partial charge < -0.3 is 9.47 Å². The van der Waals surface area contributed by atoms with E-state index in [4.69, 9.17) is 9.47 Å². The highest BCUT2D eigenvalue weighted by Gasteiger charge is 2.08. The summed E-state index contributed by atoms with van der Waals surface area (Å²) >= 11 is 0. The molecule has 0 saturated heterocycles. The zero-order chi connectivity index (χ0) is 17.5. The van der Waals surface area contributed by atoms with Crippen molar-refractivity contribution < 1.29 is 19.1 Å². The first-order valence-corrected chi connectivity index (χ1v) is 7.24. The first-order chi connectivity index (χ1) is 11.5. The van der Waals surface area contributed by atoms with Crippen LogP contribution in [0, 0.1) is 20.8 Å². The van der Waals surface area contributed by atoms with Crippen LogP contribution in [-0.2, 0) is 20.9 Å². The van der Waals surface area contributed by atoms with E-state index in [0.717, 1.165) is 23.5 Å². The molecule has 0 spiro atoms. The topological polar surface area (TPSA) is 91.3 Å². The molecule has 2 heterocycles. The third-order valence-electron chi connectivity index (χ3n) is 3.13. The van der Waals surface area contributed by atoms with E-state index in [-0.39, 0.29) is 12.5 Å². The summed E-state index contributed by atoms with van der Waals surface area (Å²) in [7, 11) is 0. The molecule has 2 aromatic rings. The minimum absolute atomic E-state index is 0.0155. The molecule has 0 aliphatic carbocycles. The van der Waals surface area contributed by atoms with Gasteiger partial charge in [0, 0.05) is 24.4 Å². The molecule has 2 rings (SSSR count). The molecule has 7 heteroatoms. The Morgan fingerprint density at radius 1 is 1.00 bits per heavy atom. The fourth-order valence-electron chi connectivity index (χ4n) is 1.77. The fraction of sp³-hybridized carbons (Fsp3) is 0.235. The number of carbonyl (C=O) groups is 2. The molecular formula is C17H17N3O4. The molecule has 0 radical (unpaired) electrons. The lowest BCUT2D eigenvalue weighted by Gasteiger charge is -2.07. The second kappa shape index (κ2) is 7.96. The van der Waals surface area contributed by atoms with Crippen LogP contribution in [0.3, 0.4) is 0 Å². The SMILES string of the molecule is Cc1nc(C)c(COC(=O)/C=C/C(=O)Oc2ccccn2)nc1C. The van der Waals surface area contributed by atoms with Gasteiger partial charge in [0.2, 0.25) is 5.88 Å². The first kappa shape index (κ1) is 17.3. The Morgan fingerprint density at radius 2 is 1.71 bits per heavy atom. The molecule has 0 unspecified atom stereocenters. The van der Waals surface area contributed by atoms with E-state index in [1.807, 2.05) is 13.8 Å². The number of ether oxygens (including phenoxy) is 2. The smallest absolute Gasteiger partial charge is 0.337 e. The van der Waals surface area contributed by atoms with Gasteiger partial charge in [-0.05, 0) is 26.8 Å². The maximum absolute atomic E-state index is 11.7. The van der Waals surface area contributed by atoms with Crippen molar-refractivity contribution in [2.45, 2.75) is 27.4 Å². The minimum atomic E-state index is -0.715. The Bertz CT molecular complexity index is 773. The normalized spacial score (nSPS) is 10.6. The molecule has 0 amide bonds. The van der Waals surface area contributed by atoms with Crippen LogP contribution in [0.15, 0.2) is 36.5 Å². The average molecular weight is 327 g/mol. The summed E-state index contributed by atoms with van der Waals surface area (Å²) in [5.74, 6) is -1.23. The van der Waals surface area contributed by atoms with Gasteiger partial charge in [-0.15, -0.1) is 0 Å². The van der Waals surface area contributed by atoms with Gasteiger partial charge in [-0.25, -0.2) is 14.6 Å². The van der Waals surface area contributed by atoms with Gasteiger partial charge in [0.25, 0.3) is 0 Å². The van der Waals surface area contributed by atoms with Crippen LogP contribution in [0.2, 0.25) is 0 Å². The lowest BCUT2D eigenvalue weighted by molar-refractivity contribution is -0.139. The third-order valence-corrected chi connectivity index (χ3v) is 3.13. The maximum atomic E-state index is 11.7. The Hall–Kier alpha value is -3.09. The van der Waals surface area contributed by atoms with Gasteiger partial charge in [-0.1, -0.05) is 6.07 Å². The highest BCUT2D eigenvalue weighted by Crippen LogP contribution is 2.08. The molecule has 0 fully saturated rings. The molecule has 2 aromatic heterocycles.